The number of imidazole rings is 1. The molecule has 114 valence electrons. The molecule has 20 heavy (non-hydrogen) atoms. The van der Waals surface area contributed by atoms with Crippen LogP contribution in [0.3, 0.4) is 0 Å². The number of hydrogen-bond acceptors (Lipinski definition) is 4. The third-order valence-corrected chi connectivity index (χ3v) is 5.35. The molecule has 0 radical (unpaired) electrons. The van der Waals surface area contributed by atoms with Crippen LogP contribution in [-0.4, -0.2) is 53.6 Å². The lowest BCUT2D eigenvalue weighted by atomic mass is 10.4. The average molecular weight is 300 g/mol. The molecule has 0 aliphatic carbocycles. The van der Waals surface area contributed by atoms with Gasteiger partial charge in [0.1, 0.15) is 5.82 Å². The lowest BCUT2D eigenvalue weighted by Crippen LogP contribution is -2.39. The third kappa shape index (κ3) is 3.59. The molecular formula is C13H24N4O2S. The van der Waals surface area contributed by atoms with Crippen LogP contribution in [-0.2, 0) is 29.7 Å². The fraction of sp³-hybridized carbons (Fsp3) is 0.769. The van der Waals surface area contributed by atoms with Gasteiger partial charge in [-0.3, -0.25) is 0 Å². The minimum atomic E-state index is -3.13. The first-order chi connectivity index (χ1) is 9.42. The molecule has 0 saturated carbocycles. The molecule has 0 bridgehead atoms. The van der Waals surface area contributed by atoms with Crippen molar-refractivity contribution in [3.05, 3.63) is 17.7 Å². The Bertz CT molecular complexity index is 551. The van der Waals surface area contributed by atoms with E-state index in [1.165, 1.54) is 0 Å². The Morgan fingerprint density at radius 3 is 2.75 bits per heavy atom. The van der Waals surface area contributed by atoms with Crippen molar-refractivity contribution in [2.24, 2.45) is 0 Å². The van der Waals surface area contributed by atoms with Crippen LogP contribution >= 0.6 is 0 Å². The first kappa shape index (κ1) is 15.5. The fourth-order valence-corrected chi connectivity index (χ4v) is 3.97. The zero-order valence-corrected chi connectivity index (χ0v) is 13.4. The van der Waals surface area contributed by atoms with Crippen molar-refractivity contribution in [3.8, 4) is 0 Å². The Labute approximate surface area is 121 Å². The maximum atomic E-state index is 12.2. The molecule has 2 heterocycles. The third-order valence-electron chi connectivity index (χ3n) is 3.44. The summed E-state index contributed by atoms with van der Waals surface area (Å²) in [6.45, 7) is 4.44. The summed E-state index contributed by atoms with van der Waals surface area (Å²) in [6, 6.07) is 0. The highest BCUT2D eigenvalue weighted by molar-refractivity contribution is 7.89. The van der Waals surface area contributed by atoms with E-state index >= 15 is 0 Å². The maximum Gasteiger partial charge on any atom is 0.214 e. The van der Waals surface area contributed by atoms with Gasteiger partial charge in [-0.2, -0.15) is 4.31 Å². The number of fused-ring (bicyclic) bond motifs is 1. The van der Waals surface area contributed by atoms with Gasteiger partial charge >= 0.3 is 0 Å². The molecule has 0 aromatic carbocycles. The topological polar surface area (TPSA) is 58.4 Å². The van der Waals surface area contributed by atoms with Crippen LogP contribution in [0.5, 0.6) is 0 Å². The van der Waals surface area contributed by atoms with Gasteiger partial charge < -0.3 is 9.47 Å². The van der Waals surface area contributed by atoms with Crippen molar-refractivity contribution in [2.45, 2.75) is 39.4 Å². The molecule has 0 fully saturated rings. The molecule has 0 spiro atoms. The summed E-state index contributed by atoms with van der Waals surface area (Å²) in [5, 5.41) is 0. The molecule has 1 aromatic heterocycles. The van der Waals surface area contributed by atoms with Crippen LogP contribution in [0.25, 0.3) is 0 Å². The molecule has 2 rings (SSSR count). The van der Waals surface area contributed by atoms with E-state index in [1.807, 2.05) is 27.2 Å². The van der Waals surface area contributed by atoms with Crippen LogP contribution in [0.1, 0.15) is 31.3 Å². The summed E-state index contributed by atoms with van der Waals surface area (Å²) in [4.78, 5) is 6.61. The molecule has 0 unspecified atom stereocenters. The molecule has 1 aromatic rings. The predicted octanol–water partition coefficient (Wildman–Crippen LogP) is 0.890. The molecular weight excluding hydrogens is 276 g/mol. The highest BCUT2D eigenvalue weighted by Gasteiger charge is 2.27. The summed E-state index contributed by atoms with van der Waals surface area (Å²) in [6.07, 6.45) is 3.65. The van der Waals surface area contributed by atoms with E-state index in [0.29, 0.717) is 19.6 Å². The second-order valence-electron chi connectivity index (χ2n) is 5.58. The van der Waals surface area contributed by atoms with Gasteiger partial charge in [0.25, 0.3) is 0 Å². The van der Waals surface area contributed by atoms with E-state index in [9.17, 15) is 8.42 Å². The van der Waals surface area contributed by atoms with Crippen molar-refractivity contribution in [1.29, 1.82) is 0 Å². The molecule has 6 nitrogen and oxygen atoms in total. The van der Waals surface area contributed by atoms with Gasteiger partial charge in [0.2, 0.25) is 10.0 Å². The Hall–Kier alpha value is -0.920. The lowest BCUT2D eigenvalue weighted by molar-refractivity contribution is 0.335. The Morgan fingerprint density at radius 1 is 1.35 bits per heavy atom. The monoisotopic (exact) mass is 300 g/mol. The Kier molecular flexibility index (Phi) is 4.82. The van der Waals surface area contributed by atoms with Crippen molar-refractivity contribution in [2.75, 3.05) is 26.4 Å². The van der Waals surface area contributed by atoms with E-state index in [0.717, 1.165) is 30.9 Å². The summed E-state index contributed by atoms with van der Waals surface area (Å²) in [5.41, 5.74) is 0.998. The van der Waals surface area contributed by atoms with Crippen LogP contribution in [0.2, 0.25) is 0 Å². The number of hydrogen-bond donors (Lipinski definition) is 0. The maximum absolute atomic E-state index is 12.2. The molecule has 0 N–H and O–H groups in total. The van der Waals surface area contributed by atoms with Gasteiger partial charge in [-0.05, 0) is 20.5 Å². The van der Waals surface area contributed by atoms with Gasteiger partial charge in [0, 0.05) is 25.8 Å². The minimum Gasteiger partial charge on any atom is -0.332 e. The number of unbranched alkanes of at least 4 members (excludes halogenated alkanes) is 1. The first-order valence-corrected chi connectivity index (χ1v) is 8.70. The summed E-state index contributed by atoms with van der Waals surface area (Å²) in [7, 11) is 0.867. The molecule has 0 amide bonds. The highest BCUT2D eigenvalue weighted by atomic mass is 32.2. The van der Waals surface area contributed by atoms with Crippen LogP contribution in [0.15, 0.2) is 6.20 Å². The minimum absolute atomic E-state index is 0.245. The quantitative estimate of drug-likeness (QED) is 0.783. The fourth-order valence-electron chi connectivity index (χ4n) is 2.38. The normalized spacial score (nSPS) is 16.6. The number of nitrogens with zero attached hydrogens (tertiary/aromatic N) is 4. The van der Waals surface area contributed by atoms with Gasteiger partial charge in [0.05, 0.1) is 18.0 Å². The molecule has 7 heteroatoms. The second-order valence-corrected chi connectivity index (χ2v) is 7.67. The van der Waals surface area contributed by atoms with Gasteiger partial charge in [-0.15, -0.1) is 0 Å². The number of sulfonamides is 1. The molecule has 0 atom stereocenters. The lowest BCUT2D eigenvalue weighted by Gasteiger charge is -2.26. The summed E-state index contributed by atoms with van der Waals surface area (Å²) >= 11 is 0. The second kappa shape index (κ2) is 6.24. The Balaban J connectivity index is 2.08. The zero-order valence-electron chi connectivity index (χ0n) is 12.5. The Morgan fingerprint density at radius 2 is 2.10 bits per heavy atom. The standard InChI is InChI=1S/C13H24N4O2S/c1-4-5-8-20(18,19)17-7-6-16-10-12(9-15(2)3)14-13(16)11-17/h10H,4-9,11H2,1-3H3. The van der Waals surface area contributed by atoms with E-state index in [-0.39, 0.29) is 5.75 Å². The van der Waals surface area contributed by atoms with Crippen LogP contribution < -0.4 is 0 Å². The summed E-state index contributed by atoms with van der Waals surface area (Å²) in [5.74, 6) is 1.10. The van der Waals surface area contributed by atoms with Crippen molar-refractivity contribution in [3.63, 3.8) is 0 Å². The number of rotatable bonds is 6. The van der Waals surface area contributed by atoms with E-state index in [1.54, 1.807) is 4.31 Å². The van der Waals surface area contributed by atoms with Gasteiger partial charge in [-0.1, -0.05) is 13.3 Å². The molecule has 1 aliphatic rings. The smallest absolute Gasteiger partial charge is 0.214 e. The van der Waals surface area contributed by atoms with Crippen molar-refractivity contribution >= 4 is 10.0 Å². The largest absolute Gasteiger partial charge is 0.332 e. The highest BCUT2D eigenvalue weighted by Crippen LogP contribution is 2.17. The van der Waals surface area contributed by atoms with Crippen LogP contribution in [0.4, 0.5) is 0 Å². The zero-order chi connectivity index (χ0) is 14.8. The number of aromatic nitrogens is 2. The first-order valence-electron chi connectivity index (χ1n) is 7.10. The van der Waals surface area contributed by atoms with Gasteiger partial charge in [-0.25, -0.2) is 13.4 Å². The van der Waals surface area contributed by atoms with Crippen molar-refractivity contribution in [1.82, 2.24) is 18.8 Å². The predicted molar refractivity (Wildman–Crippen MR) is 78.7 cm³/mol. The van der Waals surface area contributed by atoms with Crippen LogP contribution in [0, 0.1) is 0 Å². The van der Waals surface area contributed by atoms with Gasteiger partial charge in [0.15, 0.2) is 0 Å². The average Bonchev–Trinajstić information content (AvgIpc) is 2.76. The SMILES string of the molecule is CCCCS(=O)(=O)N1CCn2cc(CN(C)C)nc2C1. The molecule has 0 saturated heterocycles. The summed E-state index contributed by atoms with van der Waals surface area (Å²) < 4.78 is 28.1. The van der Waals surface area contributed by atoms with Crippen molar-refractivity contribution < 1.29 is 8.42 Å². The van der Waals surface area contributed by atoms with E-state index < -0.39 is 10.0 Å². The van der Waals surface area contributed by atoms with E-state index in [4.69, 9.17) is 0 Å². The molecule has 1 aliphatic heterocycles. The van der Waals surface area contributed by atoms with E-state index in [2.05, 4.69) is 14.5 Å².